The van der Waals surface area contributed by atoms with Crippen molar-refractivity contribution >= 4 is 22.4 Å². The van der Waals surface area contributed by atoms with Crippen molar-refractivity contribution in [2.24, 2.45) is 0 Å². The van der Waals surface area contributed by atoms with E-state index in [-0.39, 0.29) is 0 Å². The van der Waals surface area contributed by atoms with Crippen molar-refractivity contribution in [2.75, 3.05) is 0 Å². The molecule has 6 rings (SSSR count). The summed E-state index contributed by atoms with van der Waals surface area (Å²) < 4.78 is 0. The van der Waals surface area contributed by atoms with Crippen LogP contribution in [-0.2, 0) is 0 Å². The Morgan fingerprint density at radius 3 is 1.57 bits per heavy atom. The van der Waals surface area contributed by atoms with Crippen LogP contribution < -0.4 is 0 Å². The van der Waals surface area contributed by atoms with E-state index in [1.165, 1.54) is 44.2 Å². The molecule has 0 atom stereocenters. The molecule has 0 nitrogen and oxygen atoms in total. The predicted molar refractivity (Wildman–Crippen MR) is 151 cm³/mol. The van der Waals surface area contributed by atoms with E-state index in [1.54, 1.807) is 0 Å². The highest BCUT2D eigenvalue weighted by Crippen LogP contribution is 2.38. The zero-order chi connectivity index (χ0) is 23.6. The zero-order valence-corrected chi connectivity index (χ0v) is 19.9. The van der Waals surface area contributed by atoms with Gasteiger partial charge in [0.05, 0.1) is 0 Å². The molecule has 0 aliphatic heterocycles. The number of fused-ring (bicyclic) bond motifs is 1. The number of hydrogen-bond acceptors (Lipinski definition) is 0. The van der Waals surface area contributed by atoms with Gasteiger partial charge in [-0.25, -0.2) is 0 Å². The minimum Gasteiger partial charge on any atom is -0.0837 e. The molecule has 0 amide bonds. The lowest BCUT2D eigenvalue weighted by molar-refractivity contribution is 1.59. The van der Waals surface area contributed by atoms with Crippen LogP contribution in [0.25, 0.3) is 55.3 Å². The van der Waals surface area contributed by atoms with Crippen LogP contribution in [0.2, 0.25) is 5.02 Å². The third-order valence-electron chi connectivity index (χ3n) is 6.57. The van der Waals surface area contributed by atoms with Crippen LogP contribution in [0.5, 0.6) is 0 Å². The Balaban J connectivity index is 1.48. The van der Waals surface area contributed by atoms with Gasteiger partial charge < -0.3 is 0 Å². The fourth-order valence-electron chi connectivity index (χ4n) is 4.84. The van der Waals surface area contributed by atoms with Crippen molar-refractivity contribution in [1.82, 2.24) is 0 Å². The summed E-state index contributed by atoms with van der Waals surface area (Å²) in [4.78, 5) is 0. The molecule has 1 heteroatoms. The van der Waals surface area contributed by atoms with Gasteiger partial charge in [-0.05, 0) is 61.8 Å². The molecule has 166 valence electrons. The molecule has 0 radical (unpaired) electrons. The lowest BCUT2D eigenvalue weighted by Gasteiger charge is -2.14. The Hall–Kier alpha value is -4.13. The molecule has 0 bridgehead atoms. The normalized spacial score (nSPS) is 11.0. The molecule has 6 aromatic carbocycles. The van der Waals surface area contributed by atoms with Crippen molar-refractivity contribution in [1.29, 1.82) is 0 Å². The van der Waals surface area contributed by atoms with Gasteiger partial charge in [0.2, 0.25) is 0 Å². The molecule has 0 saturated carbocycles. The minimum atomic E-state index is 0.769. The SMILES string of the molecule is Clc1ccccc1-c1ccc(-c2cccc3cccc(-c4cccc(-c5ccccc5)c4)c23)cc1. The van der Waals surface area contributed by atoms with Gasteiger partial charge in [-0.3, -0.25) is 0 Å². The maximum atomic E-state index is 6.44. The van der Waals surface area contributed by atoms with E-state index < -0.39 is 0 Å². The van der Waals surface area contributed by atoms with Crippen LogP contribution in [0, 0.1) is 0 Å². The van der Waals surface area contributed by atoms with E-state index >= 15 is 0 Å². The first-order valence-electron chi connectivity index (χ1n) is 11.8. The van der Waals surface area contributed by atoms with E-state index in [1.807, 2.05) is 18.2 Å². The van der Waals surface area contributed by atoms with E-state index in [0.29, 0.717) is 0 Å². The van der Waals surface area contributed by atoms with Crippen LogP contribution in [0.15, 0.2) is 140 Å². The molecule has 0 saturated heterocycles. The molecule has 0 N–H and O–H groups in total. The standard InChI is InChI=1S/C34H23Cl/c35-33-18-5-4-15-30(33)25-19-21-26(22-20-25)31-16-7-11-27-12-8-17-32(34(27)31)29-14-6-13-28(23-29)24-9-2-1-3-10-24/h1-23H. The van der Waals surface area contributed by atoms with Crippen molar-refractivity contribution < 1.29 is 0 Å². The molecular weight excluding hydrogens is 444 g/mol. The second kappa shape index (κ2) is 9.25. The summed E-state index contributed by atoms with van der Waals surface area (Å²) >= 11 is 6.44. The van der Waals surface area contributed by atoms with E-state index in [9.17, 15) is 0 Å². The fourth-order valence-corrected chi connectivity index (χ4v) is 5.09. The van der Waals surface area contributed by atoms with Gasteiger partial charge >= 0.3 is 0 Å². The van der Waals surface area contributed by atoms with E-state index in [2.05, 4.69) is 121 Å². The van der Waals surface area contributed by atoms with Crippen LogP contribution in [0.3, 0.4) is 0 Å². The summed E-state index contributed by atoms with van der Waals surface area (Å²) in [5.74, 6) is 0. The van der Waals surface area contributed by atoms with Gasteiger partial charge in [-0.1, -0.05) is 139 Å². The first-order valence-corrected chi connectivity index (χ1v) is 12.2. The van der Waals surface area contributed by atoms with Gasteiger partial charge in [-0.2, -0.15) is 0 Å². The van der Waals surface area contributed by atoms with E-state index in [4.69, 9.17) is 11.6 Å². The summed E-state index contributed by atoms with van der Waals surface area (Å²) in [5, 5.41) is 3.27. The smallest absolute Gasteiger partial charge is 0.0484 e. The maximum Gasteiger partial charge on any atom is 0.0484 e. The van der Waals surface area contributed by atoms with Crippen molar-refractivity contribution in [3.63, 3.8) is 0 Å². The number of halogens is 1. The van der Waals surface area contributed by atoms with Crippen molar-refractivity contribution in [3.8, 4) is 44.5 Å². The molecule has 0 aromatic heterocycles. The maximum absolute atomic E-state index is 6.44. The lowest BCUT2D eigenvalue weighted by atomic mass is 9.90. The molecule has 0 aliphatic carbocycles. The number of hydrogen-bond donors (Lipinski definition) is 0. The Labute approximate surface area is 211 Å². The van der Waals surface area contributed by atoms with Gasteiger partial charge in [0.15, 0.2) is 0 Å². The third kappa shape index (κ3) is 4.14. The zero-order valence-electron chi connectivity index (χ0n) is 19.2. The highest BCUT2D eigenvalue weighted by atomic mass is 35.5. The Morgan fingerprint density at radius 2 is 0.857 bits per heavy atom. The number of benzene rings is 6. The molecule has 0 aliphatic rings. The first-order chi connectivity index (χ1) is 17.3. The molecule has 0 spiro atoms. The van der Waals surface area contributed by atoms with Crippen LogP contribution >= 0.6 is 11.6 Å². The molecule has 6 aromatic rings. The average Bonchev–Trinajstić information content (AvgIpc) is 2.93. The predicted octanol–water partition coefficient (Wildman–Crippen LogP) is 10.2. The van der Waals surface area contributed by atoms with Gasteiger partial charge in [0, 0.05) is 10.6 Å². The second-order valence-corrected chi connectivity index (χ2v) is 9.12. The highest BCUT2D eigenvalue weighted by molar-refractivity contribution is 6.33. The summed E-state index contributed by atoms with van der Waals surface area (Å²) in [6.45, 7) is 0. The van der Waals surface area contributed by atoms with Crippen LogP contribution in [-0.4, -0.2) is 0 Å². The average molecular weight is 467 g/mol. The van der Waals surface area contributed by atoms with Gasteiger partial charge in [0.1, 0.15) is 0 Å². The highest BCUT2D eigenvalue weighted by Gasteiger charge is 2.12. The molecular formula is C34H23Cl. The molecule has 0 heterocycles. The van der Waals surface area contributed by atoms with Gasteiger partial charge in [0.25, 0.3) is 0 Å². The lowest BCUT2D eigenvalue weighted by Crippen LogP contribution is -1.88. The topological polar surface area (TPSA) is 0 Å². The minimum absolute atomic E-state index is 0.769. The summed E-state index contributed by atoms with van der Waals surface area (Å²) in [7, 11) is 0. The van der Waals surface area contributed by atoms with E-state index in [0.717, 1.165) is 16.1 Å². The summed E-state index contributed by atoms with van der Waals surface area (Å²) in [6.07, 6.45) is 0. The van der Waals surface area contributed by atoms with Crippen molar-refractivity contribution in [3.05, 3.63) is 145 Å². The molecule has 0 fully saturated rings. The molecule has 0 unspecified atom stereocenters. The second-order valence-electron chi connectivity index (χ2n) is 8.71. The molecule has 35 heavy (non-hydrogen) atoms. The fraction of sp³-hybridized carbons (Fsp3) is 0. The largest absolute Gasteiger partial charge is 0.0837 e. The Kier molecular flexibility index (Phi) is 5.66. The van der Waals surface area contributed by atoms with Gasteiger partial charge in [-0.15, -0.1) is 0 Å². The quantitative estimate of drug-likeness (QED) is 0.242. The monoisotopic (exact) mass is 466 g/mol. The Bertz CT molecular complexity index is 1620. The first kappa shape index (κ1) is 21.4. The van der Waals surface area contributed by atoms with Crippen LogP contribution in [0.4, 0.5) is 0 Å². The summed E-state index contributed by atoms with van der Waals surface area (Å²) in [6, 6.07) is 49.2. The number of rotatable bonds is 4. The van der Waals surface area contributed by atoms with Crippen molar-refractivity contribution in [2.45, 2.75) is 0 Å². The van der Waals surface area contributed by atoms with Crippen LogP contribution in [0.1, 0.15) is 0 Å². The summed E-state index contributed by atoms with van der Waals surface area (Å²) in [5.41, 5.74) is 9.51. The Morgan fingerprint density at radius 1 is 0.343 bits per heavy atom. The third-order valence-corrected chi connectivity index (χ3v) is 6.90.